The second kappa shape index (κ2) is 5.62. The van der Waals surface area contributed by atoms with Gasteiger partial charge < -0.3 is 15.4 Å². The van der Waals surface area contributed by atoms with Crippen molar-refractivity contribution in [2.75, 3.05) is 19.5 Å². The van der Waals surface area contributed by atoms with Crippen LogP contribution in [0.4, 0.5) is 5.69 Å². The summed E-state index contributed by atoms with van der Waals surface area (Å²) in [5, 5.41) is 7.21. The lowest BCUT2D eigenvalue weighted by molar-refractivity contribution is -0.117. The van der Waals surface area contributed by atoms with Crippen LogP contribution < -0.4 is 10.6 Å². The van der Waals surface area contributed by atoms with E-state index in [1.807, 2.05) is 0 Å². The minimum atomic E-state index is -0.442. The van der Waals surface area contributed by atoms with E-state index in [1.165, 1.54) is 18.4 Å². The van der Waals surface area contributed by atoms with Gasteiger partial charge in [0.25, 0.3) is 0 Å². The first kappa shape index (κ1) is 12.7. The summed E-state index contributed by atoms with van der Waals surface area (Å²) < 4.78 is 4.61. The van der Waals surface area contributed by atoms with Crippen LogP contribution in [0.2, 0.25) is 0 Å². The van der Waals surface area contributed by atoms with Gasteiger partial charge in [0.15, 0.2) is 0 Å². The molecule has 1 unspecified atom stereocenters. The average molecular weight is 242 g/mol. The lowest BCUT2D eigenvalue weighted by Crippen LogP contribution is -2.35. The van der Waals surface area contributed by atoms with Crippen LogP contribution in [0.1, 0.15) is 16.6 Å². The molecule has 1 heterocycles. The van der Waals surface area contributed by atoms with Crippen molar-refractivity contribution in [1.29, 1.82) is 0 Å². The van der Waals surface area contributed by atoms with Gasteiger partial charge in [-0.25, -0.2) is 4.79 Å². The summed E-state index contributed by atoms with van der Waals surface area (Å²) in [5.41, 5.74) is 0.490. The Hall–Kier alpha value is -1.40. The predicted octanol–water partition coefficient (Wildman–Crippen LogP) is 1.08. The number of rotatable bonds is 4. The SMILES string of the molecule is CNC(C)C(=O)Nc1ccsc1C(=O)OC. The van der Waals surface area contributed by atoms with Crippen LogP contribution in [0, 0.1) is 0 Å². The summed E-state index contributed by atoms with van der Waals surface area (Å²) in [6.07, 6.45) is 0. The van der Waals surface area contributed by atoms with E-state index in [-0.39, 0.29) is 11.9 Å². The molecule has 0 saturated heterocycles. The number of methoxy groups -OCH3 is 1. The second-order valence-electron chi connectivity index (χ2n) is 3.15. The summed E-state index contributed by atoms with van der Waals surface area (Å²) in [4.78, 5) is 23.3. The van der Waals surface area contributed by atoms with E-state index in [9.17, 15) is 9.59 Å². The minimum absolute atomic E-state index is 0.189. The molecular formula is C10H14N2O3S. The monoisotopic (exact) mass is 242 g/mol. The molecule has 2 N–H and O–H groups in total. The van der Waals surface area contributed by atoms with Crippen LogP contribution in [-0.4, -0.2) is 32.1 Å². The molecule has 0 bridgehead atoms. The van der Waals surface area contributed by atoms with E-state index in [0.29, 0.717) is 10.6 Å². The molecule has 0 aromatic carbocycles. The third-order valence-electron chi connectivity index (χ3n) is 2.12. The van der Waals surface area contributed by atoms with Crippen LogP contribution in [0.5, 0.6) is 0 Å². The summed E-state index contributed by atoms with van der Waals surface area (Å²) in [7, 11) is 3.00. The molecule has 0 radical (unpaired) electrons. The van der Waals surface area contributed by atoms with Crippen LogP contribution in [-0.2, 0) is 9.53 Å². The van der Waals surface area contributed by atoms with Crippen molar-refractivity contribution in [3.05, 3.63) is 16.3 Å². The Morgan fingerprint density at radius 3 is 2.75 bits per heavy atom. The van der Waals surface area contributed by atoms with Gasteiger partial charge in [-0.3, -0.25) is 4.79 Å². The first-order chi connectivity index (χ1) is 7.60. The normalized spacial score (nSPS) is 11.9. The first-order valence-electron chi connectivity index (χ1n) is 4.74. The number of amides is 1. The number of anilines is 1. The topological polar surface area (TPSA) is 67.4 Å². The zero-order valence-electron chi connectivity index (χ0n) is 9.37. The van der Waals surface area contributed by atoms with Crippen LogP contribution in [0.3, 0.4) is 0 Å². The molecule has 6 heteroatoms. The molecule has 0 fully saturated rings. The molecule has 1 atom stereocenters. The number of likely N-dealkylation sites (N-methyl/N-ethyl adjacent to an activating group) is 1. The number of carbonyl (C=O) groups excluding carboxylic acids is 2. The number of hydrogen-bond acceptors (Lipinski definition) is 5. The van der Waals surface area contributed by atoms with E-state index in [2.05, 4.69) is 15.4 Å². The Bertz CT molecular complexity index is 389. The number of carbonyl (C=O) groups is 2. The van der Waals surface area contributed by atoms with E-state index < -0.39 is 5.97 Å². The fourth-order valence-electron chi connectivity index (χ4n) is 1.03. The molecule has 1 amide bonds. The maximum Gasteiger partial charge on any atom is 0.350 e. The van der Waals surface area contributed by atoms with Gasteiger partial charge in [-0.15, -0.1) is 11.3 Å². The molecule has 0 saturated carbocycles. The Labute approximate surface area is 97.8 Å². The van der Waals surface area contributed by atoms with Crippen molar-refractivity contribution in [1.82, 2.24) is 5.32 Å². The fourth-order valence-corrected chi connectivity index (χ4v) is 1.80. The molecule has 0 aliphatic carbocycles. The van der Waals surface area contributed by atoms with Crippen molar-refractivity contribution in [3.63, 3.8) is 0 Å². The molecule has 16 heavy (non-hydrogen) atoms. The Morgan fingerprint density at radius 1 is 1.50 bits per heavy atom. The van der Waals surface area contributed by atoms with E-state index >= 15 is 0 Å². The summed E-state index contributed by atoms with van der Waals surface area (Å²) in [6.45, 7) is 1.74. The van der Waals surface area contributed by atoms with E-state index in [1.54, 1.807) is 25.4 Å². The van der Waals surface area contributed by atoms with Gasteiger partial charge in [0.05, 0.1) is 18.8 Å². The molecule has 0 aliphatic heterocycles. The molecule has 0 spiro atoms. The average Bonchev–Trinajstić information content (AvgIpc) is 2.74. The largest absolute Gasteiger partial charge is 0.465 e. The molecule has 88 valence electrons. The molecule has 0 aliphatic rings. The van der Waals surface area contributed by atoms with Gasteiger partial charge in [-0.2, -0.15) is 0 Å². The van der Waals surface area contributed by atoms with Gasteiger partial charge in [-0.1, -0.05) is 0 Å². The predicted molar refractivity (Wildman–Crippen MR) is 62.8 cm³/mol. The van der Waals surface area contributed by atoms with Crippen molar-refractivity contribution < 1.29 is 14.3 Å². The second-order valence-corrected chi connectivity index (χ2v) is 4.07. The van der Waals surface area contributed by atoms with E-state index in [4.69, 9.17) is 0 Å². The standard InChI is InChI=1S/C10H14N2O3S/c1-6(11-2)9(13)12-7-4-5-16-8(7)10(14)15-3/h4-6,11H,1-3H3,(H,12,13). The van der Waals surface area contributed by atoms with Crippen LogP contribution >= 0.6 is 11.3 Å². The van der Waals surface area contributed by atoms with Crippen molar-refractivity contribution in [3.8, 4) is 0 Å². The molecule has 5 nitrogen and oxygen atoms in total. The van der Waals surface area contributed by atoms with Crippen molar-refractivity contribution >= 4 is 28.9 Å². The maximum absolute atomic E-state index is 11.6. The highest BCUT2D eigenvalue weighted by Crippen LogP contribution is 2.23. The number of esters is 1. The van der Waals surface area contributed by atoms with Crippen LogP contribution in [0.25, 0.3) is 0 Å². The van der Waals surface area contributed by atoms with Gasteiger partial charge in [0.1, 0.15) is 4.88 Å². The van der Waals surface area contributed by atoms with Crippen molar-refractivity contribution in [2.24, 2.45) is 0 Å². The highest BCUT2D eigenvalue weighted by Gasteiger charge is 2.17. The Morgan fingerprint density at radius 2 is 2.19 bits per heavy atom. The lowest BCUT2D eigenvalue weighted by atomic mass is 10.3. The van der Waals surface area contributed by atoms with Gasteiger partial charge in [0.2, 0.25) is 5.91 Å². The summed E-state index contributed by atoms with van der Waals surface area (Å²) in [5.74, 6) is -0.631. The molecule has 1 aromatic rings. The van der Waals surface area contributed by atoms with Gasteiger partial charge >= 0.3 is 5.97 Å². The fraction of sp³-hybridized carbons (Fsp3) is 0.400. The van der Waals surface area contributed by atoms with E-state index in [0.717, 1.165) is 0 Å². The smallest absolute Gasteiger partial charge is 0.350 e. The maximum atomic E-state index is 11.6. The van der Waals surface area contributed by atoms with Crippen molar-refractivity contribution in [2.45, 2.75) is 13.0 Å². The molecule has 1 aromatic heterocycles. The Kier molecular flexibility index (Phi) is 4.45. The summed E-state index contributed by atoms with van der Waals surface area (Å²) in [6, 6.07) is 1.36. The number of ether oxygens (including phenoxy) is 1. The quantitative estimate of drug-likeness (QED) is 0.775. The highest BCUT2D eigenvalue weighted by atomic mass is 32.1. The number of thiophene rings is 1. The van der Waals surface area contributed by atoms with Crippen LogP contribution in [0.15, 0.2) is 11.4 Å². The third-order valence-corrected chi connectivity index (χ3v) is 3.01. The first-order valence-corrected chi connectivity index (χ1v) is 5.62. The lowest BCUT2D eigenvalue weighted by Gasteiger charge is -2.10. The van der Waals surface area contributed by atoms with Gasteiger partial charge in [-0.05, 0) is 25.4 Å². The zero-order valence-corrected chi connectivity index (χ0v) is 10.2. The molecule has 1 rings (SSSR count). The molecular weight excluding hydrogens is 228 g/mol. The number of nitrogens with one attached hydrogen (secondary N) is 2. The third kappa shape index (κ3) is 2.80. The minimum Gasteiger partial charge on any atom is -0.465 e. The number of hydrogen-bond donors (Lipinski definition) is 2. The highest BCUT2D eigenvalue weighted by molar-refractivity contribution is 7.12. The Balaban J connectivity index is 2.78. The zero-order chi connectivity index (χ0) is 12.1. The van der Waals surface area contributed by atoms with Gasteiger partial charge in [0, 0.05) is 0 Å². The summed E-state index contributed by atoms with van der Waals surface area (Å²) >= 11 is 1.23.